The molecule has 0 spiro atoms. The summed E-state index contributed by atoms with van der Waals surface area (Å²) in [7, 11) is 2.22. The van der Waals surface area contributed by atoms with Crippen LogP contribution in [-0.2, 0) is 16.0 Å². The number of carbonyl (C=O) groups excluding carboxylic acids is 1. The van der Waals surface area contributed by atoms with Crippen LogP contribution in [0.2, 0.25) is 5.02 Å². The molecule has 2 aromatic rings. The van der Waals surface area contributed by atoms with Gasteiger partial charge in [-0.15, -0.1) is 0 Å². The van der Waals surface area contributed by atoms with Crippen LogP contribution in [0.25, 0.3) is 0 Å². The van der Waals surface area contributed by atoms with Crippen molar-refractivity contribution in [2.24, 2.45) is 11.8 Å². The van der Waals surface area contributed by atoms with Gasteiger partial charge in [-0.25, -0.2) is 8.78 Å². The van der Waals surface area contributed by atoms with Crippen LogP contribution in [0, 0.1) is 37.3 Å². The number of halogens is 3. The Labute approximate surface area is 228 Å². The van der Waals surface area contributed by atoms with Gasteiger partial charge in [0.25, 0.3) is 6.47 Å². The summed E-state index contributed by atoms with van der Waals surface area (Å²) in [5.41, 5.74) is 2.79. The summed E-state index contributed by atoms with van der Waals surface area (Å²) in [6.45, 7) is 13.7. The van der Waals surface area contributed by atoms with Crippen LogP contribution in [0.15, 0.2) is 36.4 Å². The Hall–Kier alpha value is -1.98. The Morgan fingerprint density at radius 2 is 1.76 bits per heavy atom. The van der Waals surface area contributed by atoms with Crippen molar-refractivity contribution in [1.29, 1.82) is 0 Å². The highest BCUT2D eigenvalue weighted by Crippen LogP contribution is 2.24. The zero-order valence-electron chi connectivity index (χ0n) is 23.5. The number of rotatable bonds is 5. The lowest BCUT2D eigenvalue weighted by Gasteiger charge is -2.16. The quantitative estimate of drug-likeness (QED) is 0.358. The van der Waals surface area contributed by atoms with Crippen molar-refractivity contribution in [1.82, 2.24) is 4.90 Å². The molecule has 1 heterocycles. The molecule has 2 aliphatic rings. The molecule has 2 aromatic carbocycles. The molecule has 0 aromatic heterocycles. The first-order valence-electron chi connectivity index (χ1n) is 13.5. The minimum absolute atomic E-state index is 0.243. The molecule has 2 fully saturated rings. The third-order valence-corrected chi connectivity index (χ3v) is 7.55. The first-order chi connectivity index (χ1) is 17.6. The van der Waals surface area contributed by atoms with Crippen LogP contribution in [0.4, 0.5) is 8.78 Å². The average molecular weight is 538 g/mol. The van der Waals surface area contributed by atoms with Gasteiger partial charge in [0.1, 0.15) is 17.7 Å². The summed E-state index contributed by atoms with van der Waals surface area (Å²) < 4.78 is 29.7. The second kappa shape index (κ2) is 18.3. The van der Waals surface area contributed by atoms with Crippen molar-refractivity contribution in [2.45, 2.75) is 85.7 Å². The third kappa shape index (κ3) is 13.4. The first kappa shape index (κ1) is 33.0. The van der Waals surface area contributed by atoms with Crippen LogP contribution < -0.4 is 0 Å². The van der Waals surface area contributed by atoms with Crippen LogP contribution in [-0.4, -0.2) is 37.6 Å². The summed E-state index contributed by atoms with van der Waals surface area (Å²) in [4.78, 5) is 12.2. The van der Waals surface area contributed by atoms with E-state index in [1.807, 2.05) is 26.0 Å². The minimum Gasteiger partial charge on any atom is -0.465 e. The van der Waals surface area contributed by atoms with Gasteiger partial charge in [-0.2, -0.15) is 0 Å². The Balaban J connectivity index is 0.000000248. The molecule has 208 valence electrons. The number of hydrogen-bond donors (Lipinski definition) is 0. The molecule has 6 heteroatoms. The molecule has 37 heavy (non-hydrogen) atoms. The molecule has 1 saturated carbocycles. The van der Waals surface area contributed by atoms with Gasteiger partial charge in [0.15, 0.2) is 0 Å². The molecule has 1 aliphatic heterocycles. The van der Waals surface area contributed by atoms with Crippen molar-refractivity contribution in [3.8, 4) is 0 Å². The molecule has 1 saturated heterocycles. The van der Waals surface area contributed by atoms with Crippen molar-refractivity contribution in [2.75, 3.05) is 20.1 Å². The molecule has 0 bridgehead atoms. The van der Waals surface area contributed by atoms with Crippen LogP contribution in [0.5, 0.6) is 0 Å². The van der Waals surface area contributed by atoms with E-state index in [0.29, 0.717) is 18.5 Å². The number of aryl methyl sites for hydroxylation is 3. The van der Waals surface area contributed by atoms with Crippen LogP contribution in [0.3, 0.4) is 0 Å². The molecule has 3 nitrogen and oxygen atoms in total. The van der Waals surface area contributed by atoms with Gasteiger partial charge in [-0.05, 0) is 119 Å². The van der Waals surface area contributed by atoms with Gasteiger partial charge in [0, 0.05) is 11.6 Å². The molecule has 2 atom stereocenters. The summed E-state index contributed by atoms with van der Waals surface area (Å²) in [6.07, 6.45) is 8.12. The molecule has 0 N–H and O–H groups in total. The van der Waals surface area contributed by atoms with Crippen LogP contribution >= 0.6 is 11.6 Å². The molecular formula is C31H46ClF2NO2. The molecule has 0 amide bonds. The van der Waals surface area contributed by atoms with Gasteiger partial charge in [-0.1, -0.05) is 50.9 Å². The van der Waals surface area contributed by atoms with E-state index in [-0.39, 0.29) is 17.7 Å². The van der Waals surface area contributed by atoms with Gasteiger partial charge in [-0.3, -0.25) is 4.79 Å². The monoisotopic (exact) mass is 537 g/mol. The van der Waals surface area contributed by atoms with Crippen molar-refractivity contribution >= 4 is 18.1 Å². The maximum absolute atomic E-state index is 12.6. The zero-order chi connectivity index (χ0) is 27.8. The van der Waals surface area contributed by atoms with E-state index in [1.165, 1.54) is 50.4 Å². The van der Waals surface area contributed by atoms with Crippen molar-refractivity contribution in [3.05, 3.63) is 69.7 Å². The topological polar surface area (TPSA) is 29.5 Å². The highest BCUT2D eigenvalue weighted by atomic mass is 35.5. The lowest BCUT2D eigenvalue weighted by Crippen LogP contribution is -2.17. The number of likely N-dealkylation sites (tertiary alicyclic amines) is 1. The molecular weight excluding hydrogens is 492 g/mol. The number of hydrogen-bond acceptors (Lipinski definition) is 3. The van der Waals surface area contributed by atoms with Crippen LogP contribution in [0.1, 0.15) is 76.0 Å². The van der Waals surface area contributed by atoms with E-state index >= 15 is 0 Å². The molecule has 4 rings (SSSR count). The number of carbonyl (C=O) groups is 1. The second-order valence-corrected chi connectivity index (χ2v) is 10.6. The van der Waals surface area contributed by atoms with E-state index in [9.17, 15) is 13.6 Å². The SMILES string of the molecule is CCC(C)C1CCN(C)C1.CCc1cc(F)ccc1F.Cc1ccc(C)c(Cl)c1.O=COC1CCCC1. The predicted octanol–water partition coefficient (Wildman–Crippen LogP) is 8.57. The Kier molecular flexibility index (Phi) is 16.3. The summed E-state index contributed by atoms with van der Waals surface area (Å²) in [5.74, 6) is 1.21. The Bertz CT molecular complexity index is 918. The van der Waals surface area contributed by atoms with E-state index in [1.54, 1.807) is 6.92 Å². The highest BCUT2D eigenvalue weighted by Gasteiger charge is 2.23. The van der Waals surface area contributed by atoms with Gasteiger partial charge < -0.3 is 9.64 Å². The van der Waals surface area contributed by atoms with Crippen molar-refractivity contribution in [3.63, 3.8) is 0 Å². The fourth-order valence-corrected chi connectivity index (χ4v) is 4.62. The van der Waals surface area contributed by atoms with Gasteiger partial charge >= 0.3 is 0 Å². The van der Waals surface area contributed by atoms with E-state index in [4.69, 9.17) is 16.3 Å². The number of nitrogens with zero attached hydrogens (tertiary/aromatic N) is 1. The lowest BCUT2D eigenvalue weighted by atomic mass is 9.91. The maximum Gasteiger partial charge on any atom is 0.293 e. The average Bonchev–Trinajstić information content (AvgIpc) is 3.56. The summed E-state index contributed by atoms with van der Waals surface area (Å²) in [5, 5.41) is 0.856. The van der Waals surface area contributed by atoms with Gasteiger partial charge in [0.2, 0.25) is 0 Å². The van der Waals surface area contributed by atoms with Crippen molar-refractivity contribution < 1.29 is 18.3 Å². The molecule has 1 aliphatic carbocycles. The number of ether oxygens (including phenoxy) is 1. The smallest absolute Gasteiger partial charge is 0.293 e. The molecule has 0 radical (unpaired) electrons. The fraction of sp³-hybridized carbons (Fsp3) is 0.581. The van der Waals surface area contributed by atoms with E-state index in [0.717, 1.165) is 47.4 Å². The van der Waals surface area contributed by atoms with E-state index < -0.39 is 0 Å². The Morgan fingerprint density at radius 1 is 1.08 bits per heavy atom. The normalized spacial score (nSPS) is 17.9. The zero-order valence-corrected chi connectivity index (χ0v) is 24.3. The molecule has 2 unspecified atom stereocenters. The minimum atomic E-state index is -0.377. The first-order valence-corrected chi connectivity index (χ1v) is 13.9. The highest BCUT2D eigenvalue weighted by molar-refractivity contribution is 6.31. The maximum atomic E-state index is 12.6. The predicted molar refractivity (Wildman–Crippen MR) is 151 cm³/mol. The largest absolute Gasteiger partial charge is 0.465 e. The number of benzene rings is 2. The van der Waals surface area contributed by atoms with Gasteiger partial charge in [0.05, 0.1) is 0 Å². The third-order valence-electron chi connectivity index (χ3n) is 7.14. The standard InChI is InChI=1S/C9H19N.C8H9Cl.C8H8F2.C6H10O2/c1-4-8(2)9-5-6-10(3)7-9;1-6-3-4-7(2)8(9)5-6;1-2-6-5-7(9)3-4-8(6)10;7-5-8-6-3-1-2-4-6/h8-9H,4-7H2,1-3H3;3-5H,1-2H3;3-5H,2H2,1H3;5-6H,1-4H2. The van der Waals surface area contributed by atoms with E-state index in [2.05, 4.69) is 31.9 Å². The fourth-order valence-electron chi connectivity index (χ4n) is 4.38. The second-order valence-electron chi connectivity index (χ2n) is 10.2. The lowest BCUT2D eigenvalue weighted by molar-refractivity contribution is -0.133. The summed E-state index contributed by atoms with van der Waals surface area (Å²) >= 11 is 5.81. The summed E-state index contributed by atoms with van der Waals surface area (Å²) in [6, 6.07) is 9.54. The Morgan fingerprint density at radius 3 is 2.22 bits per heavy atom.